The molecule has 1 aliphatic heterocycles. The molecule has 0 aromatic carbocycles. The molecular weight excluding hydrogens is 268 g/mol. The minimum absolute atomic E-state index is 0.0296. The number of hydrogen-bond acceptors (Lipinski definition) is 3. The van der Waals surface area contributed by atoms with E-state index in [1.165, 1.54) is 0 Å². The second kappa shape index (κ2) is 6.28. The van der Waals surface area contributed by atoms with Crippen LogP contribution in [0.3, 0.4) is 0 Å². The van der Waals surface area contributed by atoms with Gasteiger partial charge in [0.05, 0.1) is 6.33 Å². The maximum absolute atomic E-state index is 12.7. The van der Waals surface area contributed by atoms with E-state index in [2.05, 4.69) is 17.2 Å². The Morgan fingerprint density at radius 2 is 2.29 bits per heavy atom. The van der Waals surface area contributed by atoms with Crippen molar-refractivity contribution in [2.45, 2.75) is 51.6 Å². The first-order valence-electron chi connectivity index (χ1n) is 7.53. The van der Waals surface area contributed by atoms with E-state index < -0.39 is 5.54 Å². The highest BCUT2D eigenvalue weighted by Gasteiger charge is 2.40. The van der Waals surface area contributed by atoms with Crippen molar-refractivity contribution in [3.8, 4) is 0 Å². The van der Waals surface area contributed by atoms with Gasteiger partial charge in [-0.05, 0) is 20.3 Å². The van der Waals surface area contributed by atoms with E-state index in [1.807, 2.05) is 10.8 Å². The molecule has 0 radical (unpaired) electrons. The Labute approximate surface area is 125 Å². The molecule has 6 heteroatoms. The number of carbonyl (C=O) groups is 2. The molecule has 0 saturated carbocycles. The van der Waals surface area contributed by atoms with E-state index in [-0.39, 0.29) is 17.9 Å². The molecule has 1 N–H and O–H groups in total. The van der Waals surface area contributed by atoms with Crippen molar-refractivity contribution in [3.05, 3.63) is 18.7 Å². The highest BCUT2D eigenvalue weighted by Crippen LogP contribution is 2.24. The third-order valence-corrected chi connectivity index (χ3v) is 4.13. The minimum Gasteiger partial charge on any atom is -0.352 e. The van der Waals surface area contributed by atoms with Crippen LogP contribution in [0.4, 0.5) is 0 Å². The van der Waals surface area contributed by atoms with Crippen molar-refractivity contribution in [1.29, 1.82) is 0 Å². The molecule has 2 rings (SSSR count). The summed E-state index contributed by atoms with van der Waals surface area (Å²) < 4.78 is 1.98. The van der Waals surface area contributed by atoms with Gasteiger partial charge >= 0.3 is 0 Å². The number of piperazine rings is 1. The van der Waals surface area contributed by atoms with Gasteiger partial charge < -0.3 is 14.8 Å². The molecule has 116 valence electrons. The number of imidazole rings is 1. The fraction of sp³-hybridized carbons (Fsp3) is 0.667. The number of carbonyl (C=O) groups excluding carboxylic acids is 2. The van der Waals surface area contributed by atoms with Crippen LogP contribution in [-0.2, 0) is 9.59 Å². The van der Waals surface area contributed by atoms with Gasteiger partial charge in [-0.25, -0.2) is 4.98 Å². The maximum atomic E-state index is 12.7. The smallest absolute Gasteiger partial charge is 0.245 e. The van der Waals surface area contributed by atoms with Crippen molar-refractivity contribution in [2.75, 3.05) is 13.1 Å². The highest BCUT2D eigenvalue weighted by molar-refractivity contribution is 5.91. The van der Waals surface area contributed by atoms with Crippen LogP contribution < -0.4 is 5.32 Å². The van der Waals surface area contributed by atoms with Crippen molar-refractivity contribution in [3.63, 3.8) is 0 Å². The van der Waals surface area contributed by atoms with Gasteiger partial charge in [0.25, 0.3) is 0 Å². The van der Waals surface area contributed by atoms with Gasteiger partial charge in [0.1, 0.15) is 5.54 Å². The molecule has 21 heavy (non-hydrogen) atoms. The fourth-order valence-corrected chi connectivity index (χ4v) is 2.82. The summed E-state index contributed by atoms with van der Waals surface area (Å²) in [5.41, 5.74) is -0.777. The van der Waals surface area contributed by atoms with Gasteiger partial charge in [-0.2, -0.15) is 0 Å². The van der Waals surface area contributed by atoms with E-state index in [4.69, 9.17) is 0 Å². The van der Waals surface area contributed by atoms with Crippen LogP contribution >= 0.6 is 0 Å². The van der Waals surface area contributed by atoms with Gasteiger partial charge in [-0.3, -0.25) is 9.59 Å². The molecule has 0 aliphatic carbocycles. The summed E-state index contributed by atoms with van der Waals surface area (Å²) in [7, 11) is 0. The van der Waals surface area contributed by atoms with Gasteiger partial charge in [-0.15, -0.1) is 0 Å². The van der Waals surface area contributed by atoms with E-state index in [0.29, 0.717) is 19.5 Å². The summed E-state index contributed by atoms with van der Waals surface area (Å²) in [6.07, 6.45) is 7.69. The number of nitrogens with one attached hydrogen (secondary N) is 1. The number of nitrogens with zero attached hydrogens (tertiary/aromatic N) is 3. The molecule has 1 aliphatic rings. The summed E-state index contributed by atoms with van der Waals surface area (Å²) in [5, 5.41) is 2.82. The van der Waals surface area contributed by atoms with E-state index in [1.54, 1.807) is 31.3 Å². The van der Waals surface area contributed by atoms with Crippen LogP contribution in [0.1, 0.15) is 46.1 Å². The first kappa shape index (κ1) is 15.5. The lowest BCUT2D eigenvalue weighted by Crippen LogP contribution is -2.63. The molecule has 2 amide bonds. The average Bonchev–Trinajstić information content (AvgIpc) is 2.95. The molecular formula is C15H24N4O2. The Balaban J connectivity index is 2.10. The zero-order chi connectivity index (χ0) is 15.5. The summed E-state index contributed by atoms with van der Waals surface area (Å²) in [6, 6.07) is 0.103. The Bertz CT molecular complexity index is 496. The maximum Gasteiger partial charge on any atom is 0.245 e. The molecule has 6 nitrogen and oxygen atoms in total. The van der Waals surface area contributed by atoms with Crippen molar-refractivity contribution < 1.29 is 9.59 Å². The second-order valence-electron chi connectivity index (χ2n) is 6.02. The first-order valence-corrected chi connectivity index (χ1v) is 7.53. The third kappa shape index (κ3) is 3.25. The topological polar surface area (TPSA) is 67.2 Å². The van der Waals surface area contributed by atoms with E-state index >= 15 is 0 Å². The minimum atomic E-state index is -0.777. The number of hydrogen-bond donors (Lipinski definition) is 1. The molecule has 1 atom stereocenters. The van der Waals surface area contributed by atoms with Crippen LogP contribution in [0.2, 0.25) is 0 Å². The number of amides is 2. The fourth-order valence-electron chi connectivity index (χ4n) is 2.82. The molecule has 0 spiro atoms. The Morgan fingerprint density at radius 3 is 2.90 bits per heavy atom. The van der Waals surface area contributed by atoms with Crippen LogP contribution in [0, 0.1) is 0 Å². The van der Waals surface area contributed by atoms with Crippen LogP contribution in [0.15, 0.2) is 18.7 Å². The van der Waals surface area contributed by atoms with E-state index in [9.17, 15) is 9.59 Å². The van der Waals surface area contributed by atoms with Crippen molar-refractivity contribution in [2.24, 2.45) is 0 Å². The van der Waals surface area contributed by atoms with Gasteiger partial charge in [0, 0.05) is 37.9 Å². The SMILES string of the molecule is CCCC(CC(=O)N1CCNC(=O)C1(C)C)n1ccnc1. The van der Waals surface area contributed by atoms with E-state index in [0.717, 1.165) is 12.8 Å². The molecule has 1 fully saturated rings. The quantitative estimate of drug-likeness (QED) is 0.891. The van der Waals surface area contributed by atoms with Crippen molar-refractivity contribution >= 4 is 11.8 Å². The van der Waals surface area contributed by atoms with Crippen molar-refractivity contribution in [1.82, 2.24) is 19.8 Å². The predicted octanol–water partition coefficient (Wildman–Crippen LogP) is 1.35. The molecule has 1 saturated heterocycles. The lowest BCUT2D eigenvalue weighted by molar-refractivity contribution is -0.149. The number of aromatic nitrogens is 2. The Hall–Kier alpha value is -1.85. The Kier molecular flexibility index (Phi) is 4.65. The largest absolute Gasteiger partial charge is 0.352 e. The zero-order valence-corrected chi connectivity index (χ0v) is 13.0. The summed E-state index contributed by atoms with van der Waals surface area (Å²) in [6.45, 7) is 6.79. The van der Waals surface area contributed by atoms with Gasteiger partial charge in [0.15, 0.2) is 0 Å². The molecule has 0 bridgehead atoms. The van der Waals surface area contributed by atoms with Crippen LogP contribution in [0.25, 0.3) is 0 Å². The molecule has 1 aromatic heterocycles. The molecule has 1 unspecified atom stereocenters. The standard InChI is InChI=1S/C15H24N4O2/c1-4-5-12(18-8-6-16-11-18)10-13(20)19-9-7-17-14(21)15(19,2)3/h6,8,11-12H,4-5,7,9-10H2,1-3H3,(H,17,21). The number of rotatable bonds is 5. The monoisotopic (exact) mass is 292 g/mol. The Morgan fingerprint density at radius 1 is 1.52 bits per heavy atom. The lowest BCUT2D eigenvalue weighted by atomic mass is 9.97. The van der Waals surface area contributed by atoms with Gasteiger partial charge in [-0.1, -0.05) is 13.3 Å². The third-order valence-electron chi connectivity index (χ3n) is 4.13. The normalized spacial score (nSPS) is 19.2. The van der Waals surface area contributed by atoms with Crippen LogP contribution in [-0.4, -0.2) is 44.9 Å². The molecule has 2 heterocycles. The van der Waals surface area contributed by atoms with Crippen LogP contribution in [0.5, 0.6) is 0 Å². The summed E-state index contributed by atoms with van der Waals surface area (Å²) in [5.74, 6) is -0.0567. The van der Waals surface area contributed by atoms with Gasteiger partial charge in [0.2, 0.25) is 11.8 Å². The zero-order valence-electron chi connectivity index (χ0n) is 13.0. The molecule has 1 aromatic rings. The lowest BCUT2D eigenvalue weighted by Gasteiger charge is -2.41. The first-order chi connectivity index (χ1) is 9.96. The highest BCUT2D eigenvalue weighted by atomic mass is 16.2. The summed E-state index contributed by atoms with van der Waals surface area (Å²) >= 11 is 0. The predicted molar refractivity (Wildman–Crippen MR) is 79.6 cm³/mol. The average molecular weight is 292 g/mol. The summed E-state index contributed by atoms with van der Waals surface area (Å²) in [4.78, 5) is 30.4. The second-order valence-corrected chi connectivity index (χ2v) is 6.02.